The van der Waals surface area contributed by atoms with E-state index in [-0.39, 0.29) is 0 Å². The lowest BCUT2D eigenvalue weighted by atomic mass is 10.2. The predicted molar refractivity (Wildman–Crippen MR) is 308 cm³/mol. The van der Waals surface area contributed by atoms with Crippen LogP contribution in [0.15, 0.2) is 0 Å². The maximum atomic E-state index is 4.99. The molecule has 426 valence electrons. The first-order chi connectivity index (χ1) is 34.1. The Morgan fingerprint density at radius 1 is 0.183 bits per heavy atom. The Morgan fingerprint density at radius 3 is 0.423 bits per heavy atom. The molecule has 0 spiro atoms. The van der Waals surface area contributed by atoms with Crippen LogP contribution in [0.1, 0.15) is 103 Å². The average Bonchev–Trinajstić information content (AvgIpc) is 4.16. The van der Waals surface area contributed by atoms with Gasteiger partial charge in [-0.2, -0.15) is 5.06 Å². The molecule has 0 bridgehead atoms. The molecule has 0 aromatic heterocycles. The predicted octanol–water partition coefficient (Wildman–Crippen LogP) is 5.26. The minimum atomic E-state index is 0.819. The van der Waals surface area contributed by atoms with Gasteiger partial charge in [0.15, 0.2) is 0 Å². The van der Waals surface area contributed by atoms with Gasteiger partial charge in [0.2, 0.25) is 0 Å². The molecule has 13 aliphatic heterocycles. The van der Waals surface area contributed by atoms with Crippen molar-refractivity contribution in [2.75, 3.05) is 269 Å². The smallest absolute Gasteiger partial charge is 0.0989 e. The number of hydroxylamine groups is 2. The van der Waals surface area contributed by atoms with E-state index in [0.717, 1.165) is 33.0 Å². The summed E-state index contributed by atoms with van der Waals surface area (Å²) in [5.41, 5.74) is 0. The molecule has 71 heavy (non-hydrogen) atoms. The van der Waals surface area contributed by atoms with Gasteiger partial charge in [-0.25, -0.2) is 0 Å². The molecule has 0 radical (unpaired) electrons. The molecule has 0 amide bonds. The summed E-state index contributed by atoms with van der Waals surface area (Å²) in [5.74, 6) is 0. The second kappa shape index (κ2) is 46.7. The van der Waals surface area contributed by atoms with Crippen molar-refractivity contribution in [1.82, 2.24) is 63.9 Å². The molecule has 15 heteroatoms. The third kappa shape index (κ3) is 45.3. The number of rotatable bonds is 0. The summed E-state index contributed by atoms with van der Waals surface area (Å²) in [6, 6.07) is 0. The van der Waals surface area contributed by atoms with Crippen molar-refractivity contribution in [3.05, 3.63) is 0 Å². The van der Waals surface area contributed by atoms with Crippen LogP contribution in [0.25, 0.3) is 0 Å². The van der Waals surface area contributed by atoms with E-state index in [4.69, 9.17) is 9.57 Å². The Labute approximate surface area is 443 Å². The van der Waals surface area contributed by atoms with E-state index >= 15 is 0 Å². The van der Waals surface area contributed by atoms with Gasteiger partial charge in [-0.3, -0.25) is 9.74 Å². The number of likely N-dealkylation sites (N-methyl/N-ethyl adjacent to an activating group) is 1. The Morgan fingerprint density at radius 2 is 0.380 bits per heavy atom. The van der Waals surface area contributed by atoms with Crippen LogP contribution in [0.5, 0.6) is 0 Å². The van der Waals surface area contributed by atoms with Crippen LogP contribution in [0.4, 0.5) is 0 Å². The zero-order valence-corrected chi connectivity index (χ0v) is 50.0. The Hall–Kier alpha value is -0.600. The maximum absolute atomic E-state index is 4.99. The lowest BCUT2D eigenvalue weighted by Crippen LogP contribution is -2.32. The first-order valence-corrected chi connectivity index (χ1v) is 29.3. The first kappa shape index (κ1) is 68.4. The van der Waals surface area contributed by atoms with E-state index in [9.17, 15) is 0 Å². The van der Waals surface area contributed by atoms with E-state index in [0.29, 0.717) is 0 Å². The monoisotopic (exact) mass is 1010 g/mol. The molecule has 13 fully saturated rings. The standard InChI is InChI=1S/4C5H11N.2C4H9NO.7C4H9N/c4*1-6-4-2-3-5-6;1-5-2-3-6-4-5;1-5-3-2-4-6-5;7*1-5-3-2-4-5/h4*2-5H2,1H3;2*2-4H2,1H3;7*2-4H2,1H3. The molecule has 13 aliphatic rings. The molecule has 0 aliphatic carbocycles. The van der Waals surface area contributed by atoms with E-state index in [1.165, 1.54) is 247 Å². The highest BCUT2D eigenvalue weighted by Crippen LogP contribution is 2.06. The van der Waals surface area contributed by atoms with Crippen molar-refractivity contribution in [2.24, 2.45) is 0 Å². The van der Waals surface area contributed by atoms with E-state index in [2.05, 4.69) is 136 Å². The van der Waals surface area contributed by atoms with Gasteiger partial charge in [0.05, 0.1) is 19.9 Å². The van der Waals surface area contributed by atoms with E-state index in [1.807, 2.05) is 19.2 Å². The van der Waals surface area contributed by atoms with Crippen LogP contribution in [-0.2, 0) is 9.57 Å². The van der Waals surface area contributed by atoms with Gasteiger partial charge in [-0.1, -0.05) is 0 Å². The summed E-state index contributed by atoms with van der Waals surface area (Å²) in [4.78, 5) is 32.7. The second-order valence-electron chi connectivity index (χ2n) is 22.8. The molecule has 0 saturated carbocycles. The normalized spacial score (nSPS) is 25.6. The molecular formula is C56H125N13O2. The van der Waals surface area contributed by atoms with Crippen molar-refractivity contribution in [2.45, 2.75) is 103 Å². The zero-order valence-electron chi connectivity index (χ0n) is 50.0. The number of nitrogens with zero attached hydrogens (tertiary/aromatic N) is 13. The van der Waals surface area contributed by atoms with Crippen LogP contribution in [0, 0.1) is 0 Å². The lowest BCUT2D eigenvalue weighted by molar-refractivity contribution is -0.0867. The summed E-state index contributed by atoms with van der Waals surface area (Å²) in [7, 11) is 27.7. The summed E-state index contributed by atoms with van der Waals surface area (Å²) >= 11 is 0. The van der Waals surface area contributed by atoms with Gasteiger partial charge in [-0.05, 0) is 331 Å². The molecule has 0 N–H and O–H groups in total. The molecule has 0 atom stereocenters. The van der Waals surface area contributed by atoms with Gasteiger partial charge in [-0.15, -0.1) is 0 Å². The van der Waals surface area contributed by atoms with Crippen molar-refractivity contribution in [1.29, 1.82) is 0 Å². The topological polar surface area (TPSA) is 60.6 Å². The third-order valence-corrected chi connectivity index (χ3v) is 14.7. The highest BCUT2D eigenvalue weighted by molar-refractivity contribution is 4.65. The Balaban J connectivity index is 0.000000385. The SMILES string of the molecule is CN1CCC1.CN1CCC1.CN1CCC1.CN1CCC1.CN1CCC1.CN1CCC1.CN1CCC1.CN1CCCC1.CN1CCCC1.CN1CCCC1.CN1CCCC1.CN1CCCO1.CN1CCOC1. The van der Waals surface area contributed by atoms with Crippen LogP contribution in [0.2, 0.25) is 0 Å². The van der Waals surface area contributed by atoms with Gasteiger partial charge in [0, 0.05) is 20.1 Å². The highest BCUT2D eigenvalue weighted by Gasteiger charge is 2.10. The molecule has 13 heterocycles. The molecule has 0 aromatic carbocycles. The van der Waals surface area contributed by atoms with Gasteiger partial charge in [0.25, 0.3) is 0 Å². The minimum absolute atomic E-state index is 0.819. The zero-order chi connectivity index (χ0) is 52.3. The van der Waals surface area contributed by atoms with Crippen molar-refractivity contribution in [3.63, 3.8) is 0 Å². The van der Waals surface area contributed by atoms with Crippen molar-refractivity contribution < 1.29 is 9.57 Å². The molecule has 13 saturated heterocycles. The van der Waals surface area contributed by atoms with Gasteiger partial charge >= 0.3 is 0 Å². The number of ether oxygens (including phenoxy) is 1. The highest BCUT2D eigenvalue weighted by atomic mass is 16.7. The van der Waals surface area contributed by atoms with Gasteiger partial charge in [0.1, 0.15) is 0 Å². The minimum Gasteiger partial charge on any atom is -0.365 e. The maximum Gasteiger partial charge on any atom is 0.0989 e. The van der Waals surface area contributed by atoms with Gasteiger partial charge < -0.3 is 58.6 Å². The Bertz CT molecular complexity index is 845. The molecular weight excluding hydrogens is 887 g/mol. The number of likely N-dealkylation sites (tertiary alicyclic amines) is 11. The quantitative estimate of drug-likeness (QED) is 0.317. The van der Waals surface area contributed by atoms with Crippen LogP contribution in [-0.4, -0.2) is 333 Å². The fourth-order valence-electron chi connectivity index (χ4n) is 7.90. The molecule has 0 unspecified atom stereocenters. The molecule has 13 rings (SSSR count). The second-order valence-corrected chi connectivity index (χ2v) is 22.8. The fourth-order valence-corrected chi connectivity index (χ4v) is 7.90. The lowest BCUT2D eigenvalue weighted by Gasteiger charge is -2.24. The third-order valence-electron chi connectivity index (χ3n) is 14.7. The summed E-state index contributed by atoms with van der Waals surface area (Å²) in [5, 5.41) is 1.86. The van der Waals surface area contributed by atoms with E-state index < -0.39 is 0 Å². The summed E-state index contributed by atoms with van der Waals surface area (Å²) in [6.07, 6.45) is 22.4. The van der Waals surface area contributed by atoms with Crippen molar-refractivity contribution in [3.8, 4) is 0 Å². The molecule has 15 nitrogen and oxygen atoms in total. The number of hydrogen-bond donors (Lipinski definition) is 0. The summed E-state index contributed by atoms with van der Waals surface area (Å²) in [6.45, 7) is 33.9. The Kier molecular flexibility index (Phi) is 45.0. The summed E-state index contributed by atoms with van der Waals surface area (Å²) < 4.78 is 4.98. The van der Waals surface area contributed by atoms with Crippen molar-refractivity contribution >= 4 is 0 Å². The van der Waals surface area contributed by atoms with E-state index in [1.54, 1.807) is 0 Å². The molecule has 0 aromatic rings. The fraction of sp³-hybridized carbons (Fsp3) is 1.00. The van der Waals surface area contributed by atoms with Crippen LogP contribution < -0.4 is 0 Å². The average molecular weight is 1010 g/mol. The first-order valence-electron chi connectivity index (χ1n) is 29.3. The number of hydrogen-bond acceptors (Lipinski definition) is 15. The van der Waals surface area contributed by atoms with Crippen LogP contribution >= 0.6 is 0 Å². The van der Waals surface area contributed by atoms with Crippen LogP contribution in [0.3, 0.4) is 0 Å². The largest absolute Gasteiger partial charge is 0.365 e.